The molecule has 1 aliphatic rings. The SMILES string of the molecule is CCOc1cc(C2/C(=C(\O)c3cc(C)ccc3C)C(=O)C(=O)N2c2cc(Cl)ccc2O)ccc1O. The lowest BCUT2D eigenvalue weighted by Crippen LogP contribution is -2.29. The normalized spacial score (nSPS) is 17.1. The van der Waals surface area contributed by atoms with Crippen LogP contribution in [-0.4, -0.2) is 33.6 Å². The number of halogens is 1. The van der Waals surface area contributed by atoms with Gasteiger partial charge >= 0.3 is 0 Å². The van der Waals surface area contributed by atoms with Gasteiger partial charge in [0.1, 0.15) is 11.5 Å². The van der Waals surface area contributed by atoms with Crippen LogP contribution in [0.2, 0.25) is 5.02 Å². The molecule has 3 aromatic rings. The molecule has 1 aliphatic heterocycles. The summed E-state index contributed by atoms with van der Waals surface area (Å²) in [7, 11) is 0. The highest BCUT2D eigenvalue weighted by molar-refractivity contribution is 6.52. The molecule has 3 aromatic carbocycles. The number of aromatic hydroxyl groups is 2. The molecule has 1 atom stereocenters. The second-order valence-corrected chi connectivity index (χ2v) is 8.72. The van der Waals surface area contributed by atoms with Crippen LogP contribution >= 0.6 is 11.6 Å². The van der Waals surface area contributed by atoms with Crippen molar-refractivity contribution in [2.75, 3.05) is 11.5 Å². The Balaban J connectivity index is 2.03. The fourth-order valence-electron chi connectivity index (χ4n) is 4.19. The fraction of sp³-hybridized carbons (Fsp3) is 0.185. The van der Waals surface area contributed by atoms with E-state index in [4.69, 9.17) is 16.3 Å². The van der Waals surface area contributed by atoms with E-state index in [-0.39, 0.29) is 45.9 Å². The number of aliphatic hydroxyl groups is 1. The summed E-state index contributed by atoms with van der Waals surface area (Å²) in [5.74, 6) is -2.43. The third kappa shape index (κ3) is 4.31. The van der Waals surface area contributed by atoms with Crippen molar-refractivity contribution in [3.05, 3.63) is 87.4 Å². The number of hydrogen-bond donors (Lipinski definition) is 3. The summed E-state index contributed by atoms with van der Waals surface area (Å²) in [6, 6.07) is 12.9. The number of Topliss-reactive ketones (excluding diaryl/α,β-unsaturated/α-hetero) is 1. The number of carbonyl (C=O) groups excluding carboxylic acids is 2. The third-order valence-electron chi connectivity index (χ3n) is 5.89. The van der Waals surface area contributed by atoms with E-state index >= 15 is 0 Å². The van der Waals surface area contributed by atoms with Crippen molar-refractivity contribution < 1.29 is 29.6 Å². The molecular weight excluding hydrogens is 470 g/mol. The van der Waals surface area contributed by atoms with E-state index in [9.17, 15) is 24.9 Å². The average Bonchev–Trinajstić information content (AvgIpc) is 3.08. The van der Waals surface area contributed by atoms with Gasteiger partial charge in [-0.1, -0.05) is 35.4 Å². The summed E-state index contributed by atoms with van der Waals surface area (Å²) in [4.78, 5) is 27.8. The highest BCUT2D eigenvalue weighted by Gasteiger charge is 2.48. The Labute approximate surface area is 207 Å². The molecule has 3 N–H and O–H groups in total. The lowest BCUT2D eigenvalue weighted by molar-refractivity contribution is -0.132. The van der Waals surface area contributed by atoms with E-state index in [0.717, 1.165) is 10.5 Å². The molecule has 0 aromatic heterocycles. The van der Waals surface area contributed by atoms with Crippen molar-refractivity contribution in [2.45, 2.75) is 26.8 Å². The van der Waals surface area contributed by atoms with E-state index in [2.05, 4.69) is 0 Å². The van der Waals surface area contributed by atoms with Crippen LogP contribution in [0.25, 0.3) is 5.76 Å². The minimum absolute atomic E-state index is 0.00986. The fourth-order valence-corrected chi connectivity index (χ4v) is 4.36. The van der Waals surface area contributed by atoms with Crippen molar-refractivity contribution in [2.24, 2.45) is 0 Å². The number of aliphatic hydroxyl groups excluding tert-OH is 1. The highest BCUT2D eigenvalue weighted by atomic mass is 35.5. The first kappa shape index (κ1) is 24.2. The predicted molar refractivity (Wildman–Crippen MR) is 133 cm³/mol. The Morgan fingerprint density at radius 3 is 2.43 bits per heavy atom. The molecule has 180 valence electrons. The van der Waals surface area contributed by atoms with E-state index in [1.165, 1.54) is 36.4 Å². The Hall–Kier alpha value is -3.97. The maximum Gasteiger partial charge on any atom is 0.300 e. The minimum Gasteiger partial charge on any atom is -0.507 e. The van der Waals surface area contributed by atoms with Gasteiger partial charge in [-0.3, -0.25) is 14.5 Å². The van der Waals surface area contributed by atoms with Gasteiger partial charge in [0.15, 0.2) is 11.5 Å². The van der Waals surface area contributed by atoms with E-state index < -0.39 is 17.7 Å². The Morgan fingerprint density at radius 2 is 1.71 bits per heavy atom. The van der Waals surface area contributed by atoms with Gasteiger partial charge < -0.3 is 20.1 Å². The van der Waals surface area contributed by atoms with Gasteiger partial charge in [-0.25, -0.2) is 0 Å². The van der Waals surface area contributed by atoms with Crippen LogP contribution in [0.3, 0.4) is 0 Å². The average molecular weight is 494 g/mol. The smallest absolute Gasteiger partial charge is 0.300 e. The van der Waals surface area contributed by atoms with Crippen molar-refractivity contribution >= 4 is 34.7 Å². The predicted octanol–water partition coefficient (Wildman–Crippen LogP) is 5.39. The number of rotatable bonds is 5. The molecule has 0 radical (unpaired) electrons. The number of ether oxygens (including phenoxy) is 1. The zero-order chi connectivity index (χ0) is 25.4. The van der Waals surface area contributed by atoms with Crippen LogP contribution in [0.1, 0.15) is 35.2 Å². The molecule has 1 unspecified atom stereocenters. The number of amides is 1. The topological polar surface area (TPSA) is 107 Å². The number of nitrogens with zero attached hydrogens (tertiary/aromatic N) is 1. The molecule has 35 heavy (non-hydrogen) atoms. The number of anilines is 1. The number of benzene rings is 3. The van der Waals surface area contributed by atoms with E-state index in [0.29, 0.717) is 16.7 Å². The molecule has 1 saturated heterocycles. The molecule has 0 saturated carbocycles. The first-order valence-electron chi connectivity index (χ1n) is 11.0. The number of phenols is 2. The monoisotopic (exact) mass is 493 g/mol. The van der Waals surface area contributed by atoms with E-state index in [1.54, 1.807) is 19.9 Å². The second-order valence-electron chi connectivity index (χ2n) is 8.28. The maximum atomic E-state index is 13.4. The standard InChI is InChI=1S/C27H24ClNO6/c1-4-35-22-12-16(7-9-21(22)31)24-23(25(32)18-11-14(2)5-6-15(18)3)26(33)27(34)29(24)19-13-17(28)8-10-20(19)30/h5-13,24,30-32H,4H2,1-3H3/b25-23+. The number of carbonyl (C=O) groups is 2. The van der Waals surface area contributed by atoms with Crippen LogP contribution in [0, 0.1) is 13.8 Å². The van der Waals surface area contributed by atoms with Gasteiger partial charge in [-0.05, 0) is 68.3 Å². The Kier molecular flexibility index (Phi) is 6.45. The number of aryl methyl sites for hydroxylation is 2. The van der Waals surface area contributed by atoms with Crippen LogP contribution in [-0.2, 0) is 9.59 Å². The molecule has 8 heteroatoms. The minimum atomic E-state index is -1.13. The lowest BCUT2D eigenvalue weighted by Gasteiger charge is -2.26. The molecular formula is C27H24ClNO6. The van der Waals surface area contributed by atoms with Crippen LogP contribution in [0.15, 0.2) is 60.2 Å². The molecule has 0 bridgehead atoms. The Morgan fingerprint density at radius 1 is 1.00 bits per heavy atom. The molecule has 4 rings (SSSR count). The van der Waals surface area contributed by atoms with Crippen LogP contribution in [0.4, 0.5) is 5.69 Å². The molecule has 1 heterocycles. The van der Waals surface area contributed by atoms with Crippen molar-refractivity contribution in [1.29, 1.82) is 0 Å². The molecule has 1 amide bonds. The van der Waals surface area contributed by atoms with Crippen LogP contribution < -0.4 is 9.64 Å². The van der Waals surface area contributed by atoms with Gasteiger partial charge in [0.2, 0.25) is 0 Å². The largest absolute Gasteiger partial charge is 0.507 e. The number of phenolic OH excluding ortho intramolecular Hbond substituents is 2. The molecule has 0 aliphatic carbocycles. The molecule has 7 nitrogen and oxygen atoms in total. The van der Waals surface area contributed by atoms with Crippen molar-refractivity contribution in [3.63, 3.8) is 0 Å². The second kappa shape index (κ2) is 9.35. The Bertz CT molecular complexity index is 1380. The zero-order valence-corrected chi connectivity index (χ0v) is 20.1. The van der Waals surface area contributed by atoms with Gasteiger partial charge in [0.25, 0.3) is 11.7 Å². The van der Waals surface area contributed by atoms with Gasteiger partial charge in [0, 0.05) is 10.6 Å². The number of hydrogen-bond acceptors (Lipinski definition) is 6. The van der Waals surface area contributed by atoms with Crippen molar-refractivity contribution in [3.8, 4) is 17.2 Å². The van der Waals surface area contributed by atoms with Gasteiger partial charge in [-0.2, -0.15) is 0 Å². The summed E-state index contributed by atoms with van der Waals surface area (Å²) in [5, 5.41) is 32.4. The molecule has 1 fully saturated rings. The summed E-state index contributed by atoms with van der Waals surface area (Å²) in [6.07, 6.45) is 0. The summed E-state index contributed by atoms with van der Waals surface area (Å²) in [5.41, 5.74) is 2.22. The highest BCUT2D eigenvalue weighted by Crippen LogP contribution is 2.46. The van der Waals surface area contributed by atoms with E-state index in [1.807, 2.05) is 19.1 Å². The van der Waals surface area contributed by atoms with Crippen molar-refractivity contribution in [1.82, 2.24) is 0 Å². The van der Waals surface area contributed by atoms with Crippen LogP contribution in [0.5, 0.6) is 17.2 Å². The quantitative estimate of drug-likeness (QED) is 0.250. The molecule has 0 spiro atoms. The first-order valence-corrected chi connectivity index (χ1v) is 11.3. The first-order chi connectivity index (χ1) is 16.6. The number of ketones is 1. The summed E-state index contributed by atoms with van der Waals surface area (Å²) < 4.78 is 5.50. The zero-order valence-electron chi connectivity index (χ0n) is 19.4. The third-order valence-corrected chi connectivity index (χ3v) is 6.12. The van der Waals surface area contributed by atoms with Gasteiger partial charge in [0.05, 0.1) is 23.9 Å². The van der Waals surface area contributed by atoms with Gasteiger partial charge in [-0.15, -0.1) is 0 Å². The maximum absolute atomic E-state index is 13.4. The lowest BCUT2D eigenvalue weighted by atomic mass is 9.93. The summed E-state index contributed by atoms with van der Waals surface area (Å²) in [6.45, 7) is 5.66. The summed E-state index contributed by atoms with van der Waals surface area (Å²) >= 11 is 6.14.